The van der Waals surface area contributed by atoms with Crippen LogP contribution in [0.5, 0.6) is 0 Å². The summed E-state index contributed by atoms with van der Waals surface area (Å²) >= 11 is 0. The third kappa shape index (κ3) is 2.01. The predicted octanol–water partition coefficient (Wildman–Crippen LogP) is 1.52. The average Bonchev–Trinajstić information content (AvgIpc) is 2.17. The van der Waals surface area contributed by atoms with Crippen molar-refractivity contribution in [3.05, 3.63) is 24.3 Å². The first-order chi connectivity index (χ1) is 5.75. The van der Waals surface area contributed by atoms with Gasteiger partial charge in [0.05, 0.1) is 6.04 Å². The Morgan fingerprint density at radius 3 is 2.50 bits per heavy atom. The summed E-state index contributed by atoms with van der Waals surface area (Å²) in [5, 5.41) is 0. The Morgan fingerprint density at radius 2 is 2.00 bits per heavy atom. The van der Waals surface area contributed by atoms with Gasteiger partial charge >= 0.3 is 0 Å². The van der Waals surface area contributed by atoms with Crippen molar-refractivity contribution in [1.29, 1.82) is 0 Å². The van der Waals surface area contributed by atoms with Gasteiger partial charge in [-0.3, -0.25) is 0 Å². The Labute approximate surface area is 73.0 Å². The van der Waals surface area contributed by atoms with Gasteiger partial charge in [0.2, 0.25) is 0 Å². The summed E-state index contributed by atoms with van der Waals surface area (Å²) in [6, 6.07) is 1.77. The molecule has 2 N–H and O–H groups in total. The molecule has 0 aliphatic heterocycles. The van der Waals surface area contributed by atoms with Crippen molar-refractivity contribution in [3.8, 4) is 0 Å². The van der Waals surface area contributed by atoms with E-state index in [9.17, 15) is 0 Å². The molecule has 2 atom stereocenters. The lowest BCUT2D eigenvalue weighted by molar-refractivity contribution is 0.439. The molecule has 0 unspecified atom stereocenters. The van der Waals surface area contributed by atoms with Gasteiger partial charge in [-0.15, -0.1) is 0 Å². The van der Waals surface area contributed by atoms with E-state index in [1.54, 1.807) is 18.5 Å². The Morgan fingerprint density at radius 1 is 1.42 bits per heavy atom. The van der Waals surface area contributed by atoms with Crippen LogP contribution in [-0.4, -0.2) is 9.97 Å². The molecule has 0 fully saturated rings. The Balaban J connectivity index is 2.71. The van der Waals surface area contributed by atoms with Crippen molar-refractivity contribution >= 4 is 0 Å². The lowest BCUT2D eigenvalue weighted by Crippen LogP contribution is -2.20. The van der Waals surface area contributed by atoms with E-state index in [1.165, 1.54) is 0 Å². The first kappa shape index (κ1) is 9.13. The normalized spacial score (nSPS) is 15.6. The monoisotopic (exact) mass is 165 g/mol. The maximum atomic E-state index is 5.92. The van der Waals surface area contributed by atoms with Crippen molar-refractivity contribution in [3.63, 3.8) is 0 Å². The van der Waals surface area contributed by atoms with E-state index in [0.29, 0.717) is 5.92 Å². The van der Waals surface area contributed by atoms with Gasteiger partial charge in [0.1, 0.15) is 5.82 Å². The van der Waals surface area contributed by atoms with Gasteiger partial charge in [-0.2, -0.15) is 0 Å². The van der Waals surface area contributed by atoms with Gasteiger partial charge in [0.25, 0.3) is 0 Å². The average molecular weight is 165 g/mol. The summed E-state index contributed by atoms with van der Waals surface area (Å²) in [6.07, 6.45) is 4.51. The topological polar surface area (TPSA) is 51.8 Å². The summed E-state index contributed by atoms with van der Waals surface area (Å²) < 4.78 is 0. The first-order valence-corrected chi connectivity index (χ1v) is 4.28. The third-order valence-corrected chi connectivity index (χ3v) is 2.14. The number of aromatic nitrogens is 2. The van der Waals surface area contributed by atoms with E-state index < -0.39 is 0 Å². The van der Waals surface area contributed by atoms with Crippen LogP contribution in [0.1, 0.15) is 32.1 Å². The second kappa shape index (κ2) is 4.16. The maximum absolute atomic E-state index is 5.92. The van der Waals surface area contributed by atoms with E-state index in [4.69, 9.17) is 5.73 Å². The molecule has 1 aromatic rings. The zero-order valence-electron chi connectivity index (χ0n) is 7.57. The smallest absolute Gasteiger partial charge is 0.145 e. The predicted molar refractivity (Wildman–Crippen MR) is 48.4 cm³/mol. The summed E-state index contributed by atoms with van der Waals surface area (Å²) in [6.45, 7) is 4.23. The molecule has 1 heterocycles. The van der Waals surface area contributed by atoms with Gasteiger partial charge in [-0.05, 0) is 12.0 Å². The molecule has 1 aromatic heterocycles. The second-order valence-electron chi connectivity index (χ2n) is 3.02. The van der Waals surface area contributed by atoms with E-state index >= 15 is 0 Å². The molecule has 3 nitrogen and oxygen atoms in total. The van der Waals surface area contributed by atoms with Crippen LogP contribution in [0, 0.1) is 5.92 Å². The van der Waals surface area contributed by atoms with Crippen molar-refractivity contribution in [2.24, 2.45) is 11.7 Å². The molecule has 1 rings (SSSR count). The second-order valence-corrected chi connectivity index (χ2v) is 3.02. The van der Waals surface area contributed by atoms with Crippen LogP contribution >= 0.6 is 0 Å². The van der Waals surface area contributed by atoms with E-state index in [2.05, 4.69) is 23.8 Å². The molecule has 0 aliphatic rings. The number of nitrogens with two attached hydrogens (primary N) is 1. The zero-order chi connectivity index (χ0) is 8.97. The molecule has 12 heavy (non-hydrogen) atoms. The van der Waals surface area contributed by atoms with Crippen molar-refractivity contribution in [2.45, 2.75) is 26.3 Å². The van der Waals surface area contributed by atoms with Gasteiger partial charge < -0.3 is 5.73 Å². The highest BCUT2D eigenvalue weighted by atomic mass is 14.9. The van der Waals surface area contributed by atoms with Crippen LogP contribution in [0.4, 0.5) is 0 Å². The highest BCUT2D eigenvalue weighted by molar-refractivity contribution is 4.95. The number of hydrogen-bond donors (Lipinski definition) is 1. The number of hydrogen-bond acceptors (Lipinski definition) is 3. The van der Waals surface area contributed by atoms with Crippen molar-refractivity contribution < 1.29 is 0 Å². The fraction of sp³-hybridized carbons (Fsp3) is 0.556. The fourth-order valence-corrected chi connectivity index (χ4v) is 0.991. The van der Waals surface area contributed by atoms with E-state index in [0.717, 1.165) is 12.2 Å². The quantitative estimate of drug-likeness (QED) is 0.738. The van der Waals surface area contributed by atoms with Crippen molar-refractivity contribution in [1.82, 2.24) is 9.97 Å². The number of rotatable bonds is 3. The molecule has 0 saturated heterocycles. The summed E-state index contributed by atoms with van der Waals surface area (Å²) in [5.41, 5.74) is 5.92. The maximum Gasteiger partial charge on any atom is 0.145 e. The third-order valence-electron chi connectivity index (χ3n) is 2.14. The van der Waals surface area contributed by atoms with Crippen LogP contribution in [-0.2, 0) is 0 Å². The van der Waals surface area contributed by atoms with Crippen LogP contribution in [0.15, 0.2) is 18.5 Å². The molecule has 66 valence electrons. The molecule has 0 spiro atoms. The van der Waals surface area contributed by atoms with Crippen LogP contribution < -0.4 is 5.73 Å². The van der Waals surface area contributed by atoms with E-state index in [1.807, 2.05) is 0 Å². The Hall–Kier alpha value is -0.960. The van der Waals surface area contributed by atoms with Gasteiger partial charge in [-0.25, -0.2) is 9.97 Å². The summed E-state index contributed by atoms with van der Waals surface area (Å²) in [5.74, 6) is 1.18. The summed E-state index contributed by atoms with van der Waals surface area (Å²) in [7, 11) is 0. The number of nitrogens with zero attached hydrogens (tertiary/aromatic N) is 2. The fourth-order valence-electron chi connectivity index (χ4n) is 0.991. The zero-order valence-corrected chi connectivity index (χ0v) is 7.57. The molecule has 0 radical (unpaired) electrons. The minimum absolute atomic E-state index is 0.0313. The molecule has 0 aromatic carbocycles. The first-order valence-electron chi connectivity index (χ1n) is 4.28. The molecule has 3 heteroatoms. The largest absolute Gasteiger partial charge is 0.321 e. The molecular formula is C9H15N3. The van der Waals surface area contributed by atoms with Crippen LogP contribution in [0.3, 0.4) is 0 Å². The van der Waals surface area contributed by atoms with E-state index in [-0.39, 0.29) is 6.04 Å². The summed E-state index contributed by atoms with van der Waals surface area (Å²) in [4.78, 5) is 8.22. The molecule has 0 aliphatic carbocycles. The molecular weight excluding hydrogens is 150 g/mol. The highest BCUT2D eigenvalue weighted by Gasteiger charge is 2.14. The van der Waals surface area contributed by atoms with Crippen LogP contribution in [0.2, 0.25) is 0 Å². The van der Waals surface area contributed by atoms with Gasteiger partial charge in [0, 0.05) is 12.4 Å². The van der Waals surface area contributed by atoms with Gasteiger partial charge in [-0.1, -0.05) is 20.3 Å². The minimum atomic E-state index is -0.0313. The lowest BCUT2D eigenvalue weighted by Gasteiger charge is -2.15. The standard InChI is InChI=1S/C9H15N3/c1-3-7(2)8(10)9-11-5-4-6-12-9/h4-8H,3,10H2,1-2H3/t7-,8-/m1/s1. The minimum Gasteiger partial charge on any atom is -0.321 e. The SMILES string of the molecule is CC[C@@H](C)[C@@H](N)c1ncccn1. The van der Waals surface area contributed by atoms with Crippen LogP contribution in [0.25, 0.3) is 0 Å². The Bertz CT molecular complexity index is 222. The molecule has 0 amide bonds. The molecule has 0 bridgehead atoms. The highest BCUT2D eigenvalue weighted by Crippen LogP contribution is 2.17. The Kier molecular flexibility index (Phi) is 3.17. The van der Waals surface area contributed by atoms with Crippen molar-refractivity contribution in [2.75, 3.05) is 0 Å². The molecule has 0 saturated carbocycles. The lowest BCUT2D eigenvalue weighted by atomic mass is 10.00. The van der Waals surface area contributed by atoms with Gasteiger partial charge in [0.15, 0.2) is 0 Å².